The Morgan fingerprint density at radius 2 is 2.11 bits per heavy atom. The number of rotatable bonds is 3. The van der Waals surface area contributed by atoms with Crippen LogP contribution in [0.15, 0.2) is 34.8 Å². The highest BCUT2D eigenvalue weighted by molar-refractivity contribution is 9.10. The summed E-state index contributed by atoms with van der Waals surface area (Å²) in [6.07, 6.45) is 0. The number of ether oxygens (including phenoxy) is 1. The van der Waals surface area contributed by atoms with Crippen LogP contribution in [0.1, 0.15) is 11.3 Å². The zero-order chi connectivity index (χ0) is 13.1. The normalized spacial score (nSPS) is 10.4. The molecule has 2 rings (SSSR count). The molecule has 3 nitrogen and oxygen atoms in total. The lowest BCUT2D eigenvalue weighted by Crippen LogP contribution is -2.02. The van der Waals surface area contributed by atoms with E-state index in [0.29, 0.717) is 16.9 Å². The molecule has 2 N–H and O–H groups in total. The van der Waals surface area contributed by atoms with E-state index >= 15 is 0 Å². The van der Waals surface area contributed by atoms with Crippen LogP contribution in [-0.4, -0.2) is 4.98 Å². The predicted molar refractivity (Wildman–Crippen MR) is 71.0 cm³/mol. The molecule has 0 atom stereocenters. The summed E-state index contributed by atoms with van der Waals surface area (Å²) in [5, 5.41) is 0. The van der Waals surface area contributed by atoms with E-state index in [4.69, 9.17) is 10.5 Å². The largest absolute Gasteiger partial charge is 0.436 e. The first-order valence-corrected chi connectivity index (χ1v) is 6.19. The number of hydrogen-bond acceptors (Lipinski definition) is 3. The summed E-state index contributed by atoms with van der Waals surface area (Å²) in [4.78, 5) is 4.22. The monoisotopic (exact) mass is 310 g/mol. The van der Waals surface area contributed by atoms with E-state index in [1.807, 2.05) is 19.1 Å². The van der Waals surface area contributed by atoms with Crippen molar-refractivity contribution in [1.82, 2.24) is 4.98 Å². The van der Waals surface area contributed by atoms with Crippen molar-refractivity contribution in [2.75, 3.05) is 0 Å². The third kappa shape index (κ3) is 2.86. The molecule has 1 aromatic carbocycles. The molecular weight excluding hydrogens is 299 g/mol. The first-order chi connectivity index (χ1) is 8.60. The maximum Gasteiger partial charge on any atom is 0.224 e. The zero-order valence-electron chi connectivity index (χ0n) is 9.78. The Bertz CT molecular complexity index is 575. The summed E-state index contributed by atoms with van der Waals surface area (Å²) < 4.78 is 19.8. The zero-order valence-corrected chi connectivity index (χ0v) is 11.4. The quantitative estimate of drug-likeness (QED) is 0.943. The lowest BCUT2D eigenvalue weighted by atomic mass is 10.2. The van der Waals surface area contributed by atoms with Gasteiger partial charge in [0, 0.05) is 22.3 Å². The second-order valence-corrected chi connectivity index (χ2v) is 4.71. The minimum atomic E-state index is -0.448. The molecule has 0 fully saturated rings. The minimum Gasteiger partial charge on any atom is -0.436 e. The van der Waals surface area contributed by atoms with Crippen molar-refractivity contribution in [2.24, 2.45) is 5.73 Å². The summed E-state index contributed by atoms with van der Waals surface area (Å²) in [5.74, 6) is 0.0281. The van der Waals surface area contributed by atoms with Gasteiger partial charge in [0.05, 0.1) is 0 Å². The molecule has 1 aromatic heterocycles. The fourth-order valence-corrected chi connectivity index (χ4v) is 1.80. The van der Waals surface area contributed by atoms with Crippen molar-refractivity contribution in [1.29, 1.82) is 0 Å². The Hall–Kier alpha value is -1.46. The first kappa shape index (κ1) is 13.0. The van der Waals surface area contributed by atoms with Gasteiger partial charge >= 0.3 is 0 Å². The van der Waals surface area contributed by atoms with Crippen molar-refractivity contribution >= 4 is 15.9 Å². The summed E-state index contributed by atoms with van der Waals surface area (Å²) in [7, 11) is 0. The Balaban J connectivity index is 2.36. The van der Waals surface area contributed by atoms with E-state index in [0.717, 1.165) is 11.3 Å². The standard InChI is InChI=1S/C13H12BrFN2O/c1-8-2-3-9(7-16)13(17-8)18-12-5-4-10(14)6-11(12)15/h2-6H,7,16H2,1H3. The third-order valence-electron chi connectivity index (χ3n) is 2.40. The summed E-state index contributed by atoms with van der Waals surface area (Å²) in [6, 6.07) is 8.26. The Morgan fingerprint density at radius 3 is 2.78 bits per heavy atom. The van der Waals surface area contributed by atoms with Gasteiger partial charge < -0.3 is 10.5 Å². The molecule has 0 aliphatic rings. The summed E-state index contributed by atoms with van der Waals surface area (Å²) in [6.45, 7) is 2.13. The fraction of sp³-hybridized carbons (Fsp3) is 0.154. The highest BCUT2D eigenvalue weighted by atomic mass is 79.9. The van der Waals surface area contributed by atoms with E-state index in [2.05, 4.69) is 20.9 Å². The van der Waals surface area contributed by atoms with Crippen molar-refractivity contribution in [3.05, 3.63) is 51.9 Å². The second kappa shape index (κ2) is 5.46. The van der Waals surface area contributed by atoms with Crippen LogP contribution in [0.25, 0.3) is 0 Å². The van der Waals surface area contributed by atoms with E-state index in [1.54, 1.807) is 12.1 Å². The molecule has 1 heterocycles. The molecule has 5 heteroatoms. The highest BCUT2D eigenvalue weighted by Crippen LogP contribution is 2.27. The second-order valence-electron chi connectivity index (χ2n) is 3.80. The van der Waals surface area contributed by atoms with Crippen LogP contribution in [0.2, 0.25) is 0 Å². The number of aryl methyl sites for hydroxylation is 1. The molecule has 0 spiro atoms. The van der Waals surface area contributed by atoms with Crippen LogP contribution < -0.4 is 10.5 Å². The van der Waals surface area contributed by atoms with Crippen LogP contribution in [0.4, 0.5) is 4.39 Å². The molecule has 0 radical (unpaired) electrons. The number of aromatic nitrogens is 1. The number of nitrogens with zero attached hydrogens (tertiary/aromatic N) is 1. The molecule has 18 heavy (non-hydrogen) atoms. The van der Waals surface area contributed by atoms with Crippen LogP contribution in [0.5, 0.6) is 11.6 Å². The molecule has 0 aliphatic carbocycles. The smallest absolute Gasteiger partial charge is 0.224 e. The molecule has 0 saturated carbocycles. The van der Waals surface area contributed by atoms with Gasteiger partial charge in [-0.05, 0) is 31.2 Å². The van der Waals surface area contributed by atoms with Crippen molar-refractivity contribution < 1.29 is 9.13 Å². The number of benzene rings is 1. The van der Waals surface area contributed by atoms with E-state index < -0.39 is 5.82 Å². The highest BCUT2D eigenvalue weighted by Gasteiger charge is 2.10. The number of halogens is 2. The van der Waals surface area contributed by atoms with Gasteiger partial charge in [0.15, 0.2) is 11.6 Å². The average molecular weight is 311 g/mol. The molecule has 0 saturated heterocycles. The van der Waals surface area contributed by atoms with Gasteiger partial charge in [-0.25, -0.2) is 9.37 Å². The number of pyridine rings is 1. The SMILES string of the molecule is Cc1ccc(CN)c(Oc2ccc(Br)cc2F)n1. The molecule has 0 bridgehead atoms. The van der Waals surface area contributed by atoms with Crippen LogP contribution >= 0.6 is 15.9 Å². The van der Waals surface area contributed by atoms with Gasteiger partial charge in [0.1, 0.15) is 0 Å². The summed E-state index contributed by atoms with van der Waals surface area (Å²) >= 11 is 3.19. The molecule has 0 unspecified atom stereocenters. The van der Waals surface area contributed by atoms with Gasteiger partial charge in [-0.2, -0.15) is 0 Å². The van der Waals surface area contributed by atoms with E-state index in [1.165, 1.54) is 6.07 Å². The Morgan fingerprint density at radius 1 is 1.33 bits per heavy atom. The molecule has 94 valence electrons. The number of hydrogen-bond donors (Lipinski definition) is 1. The Labute approximate surface area is 113 Å². The van der Waals surface area contributed by atoms with E-state index in [9.17, 15) is 4.39 Å². The Kier molecular flexibility index (Phi) is 3.93. The van der Waals surface area contributed by atoms with Crippen molar-refractivity contribution in [2.45, 2.75) is 13.5 Å². The van der Waals surface area contributed by atoms with Crippen LogP contribution in [0, 0.1) is 12.7 Å². The number of nitrogens with two attached hydrogens (primary N) is 1. The maximum absolute atomic E-state index is 13.7. The van der Waals surface area contributed by atoms with Gasteiger partial charge in [-0.1, -0.05) is 22.0 Å². The average Bonchev–Trinajstić information content (AvgIpc) is 2.33. The van der Waals surface area contributed by atoms with Crippen molar-refractivity contribution in [3.8, 4) is 11.6 Å². The van der Waals surface area contributed by atoms with Gasteiger partial charge in [-0.3, -0.25) is 0 Å². The topological polar surface area (TPSA) is 48.1 Å². The van der Waals surface area contributed by atoms with Gasteiger partial charge in [0.25, 0.3) is 0 Å². The fourth-order valence-electron chi connectivity index (χ4n) is 1.47. The molecule has 2 aromatic rings. The van der Waals surface area contributed by atoms with Crippen molar-refractivity contribution in [3.63, 3.8) is 0 Å². The molecular formula is C13H12BrFN2O. The molecule has 0 amide bonds. The predicted octanol–water partition coefficient (Wildman–Crippen LogP) is 3.54. The summed E-state index contributed by atoms with van der Waals surface area (Å²) in [5.41, 5.74) is 7.13. The van der Waals surface area contributed by atoms with Gasteiger partial charge in [-0.15, -0.1) is 0 Å². The third-order valence-corrected chi connectivity index (χ3v) is 2.89. The van der Waals surface area contributed by atoms with Crippen LogP contribution in [0.3, 0.4) is 0 Å². The maximum atomic E-state index is 13.7. The first-order valence-electron chi connectivity index (χ1n) is 5.39. The van der Waals surface area contributed by atoms with Gasteiger partial charge in [0.2, 0.25) is 5.88 Å². The van der Waals surface area contributed by atoms with E-state index in [-0.39, 0.29) is 5.75 Å². The minimum absolute atomic E-state index is 0.131. The lowest BCUT2D eigenvalue weighted by molar-refractivity contribution is 0.421. The van der Waals surface area contributed by atoms with Crippen LogP contribution in [-0.2, 0) is 6.54 Å². The lowest BCUT2D eigenvalue weighted by Gasteiger charge is -2.10. The molecule has 0 aliphatic heterocycles.